The number of benzene rings is 2. The van der Waals surface area contributed by atoms with Crippen LogP contribution in [0.1, 0.15) is 27.6 Å². The molecule has 1 aliphatic rings. The lowest BCUT2D eigenvalue weighted by Crippen LogP contribution is -2.23. The van der Waals surface area contributed by atoms with Gasteiger partial charge in [-0.2, -0.15) is 4.39 Å². The highest BCUT2D eigenvalue weighted by Crippen LogP contribution is 2.43. The van der Waals surface area contributed by atoms with Gasteiger partial charge >= 0.3 is 5.97 Å². The van der Waals surface area contributed by atoms with Gasteiger partial charge in [-0.25, -0.2) is 9.18 Å². The van der Waals surface area contributed by atoms with Crippen molar-refractivity contribution >= 4 is 28.5 Å². The number of nitrogens with zero attached hydrogens (tertiary/aromatic N) is 1. The van der Waals surface area contributed by atoms with E-state index in [4.69, 9.17) is 15.2 Å². The highest BCUT2D eigenvalue weighted by atomic mass is 19.2. The number of fused-ring (bicyclic) bond motifs is 2. The number of aromatic nitrogens is 1. The van der Waals surface area contributed by atoms with Crippen molar-refractivity contribution in [2.24, 2.45) is 0 Å². The van der Waals surface area contributed by atoms with Gasteiger partial charge in [-0.05, 0) is 31.3 Å². The quantitative estimate of drug-likeness (QED) is 0.382. The first kappa shape index (κ1) is 20.1. The van der Waals surface area contributed by atoms with Crippen LogP contribution in [0.2, 0.25) is 0 Å². The number of carbonyl (C=O) groups excluding carboxylic acids is 2. The Morgan fingerprint density at radius 2 is 2.03 bits per heavy atom. The van der Waals surface area contributed by atoms with Crippen molar-refractivity contribution in [2.75, 3.05) is 12.3 Å². The molecule has 4 rings (SSSR count). The summed E-state index contributed by atoms with van der Waals surface area (Å²) >= 11 is 0. The number of anilines is 1. The number of esters is 1. The lowest BCUT2D eigenvalue weighted by Gasteiger charge is -2.25. The van der Waals surface area contributed by atoms with Gasteiger partial charge < -0.3 is 25.1 Å². The molecule has 158 valence electrons. The maximum Gasteiger partial charge on any atom is 0.343 e. The molecule has 0 bridgehead atoms. The Hall–Kier alpha value is -4.21. The predicted molar refractivity (Wildman–Crippen MR) is 108 cm³/mol. The zero-order chi connectivity index (χ0) is 22.4. The first-order valence-electron chi connectivity index (χ1n) is 9.06. The van der Waals surface area contributed by atoms with Crippen LogP contribution in [0.25, 0.3) is 16.6 Å². The standard InChI is InChI=1S/C21H15F2N3O5/c1-3-25-20(28)9-6-15-14(7-13(9)24)26-8-11(21(29)30-4-2)18(27)10-5-12(22)16(23)19(31-15)17(10)26/h3,5-8H,1,4,24H2,2H3,(H,25,28). The monoisotopic (exact) mass is 427 g/mol. The van der Waals surface area contributed by atoms with Gasteiger partial charge in [0, 0.05) is 11.9 Å². The van der Waals surface area contributed by atoms with Crippen LogP contribution in [0.5, 0.6) is 11.5 Å². The van der Waals surface area contributed by atoms with Crippen LogP contribution in [0.15, 0.2) is 42.0 Å². The molecule has 1 amide bonds. The summed E-state index contributed by atoms with van der Waals surface area (Å²) in [4.78, 5) is 37.3. The Morgan fingerprint density at radius 3 is 2.71 bits per heavy atom. The molecule has 0 unspecified atom stereocenters. The van der Waals surface area contributed by atoms with Crippen LogP contribution in [0, 0.1) is 11.6 Å². The molecule has 10 heteroatoms. The Bertz CT molecular complexity index is 1360. The number of hydrogen-bond acceptors (Lipinski definition) is 6. The molecule has 0 aliphatic carbocycles. The van der Waals surface area contributed by atoms with Crippen molar-refractivity contribution in [1.82, 2.24) is 9.88 Å². The molecule has 3 N–H and O–H groups in total. The van der Waals surface area contributed by atoms with Crippen molar-refractivity contribution in [1.29, 1.82) is 0 Å². The molecule has 0 atom stereocenters. The number of nitrogens with two attached hydrogens (primary N) is 1. The number of amides is 1. The van der Waals surface area contributed by atoms with Crippen molar-refractivity contribution in [2.45, 2.75) is 6.92 Å². The zero-order valence-corrected chi connectivity index (χ0v) is 16.1. The molecule has 0 saturated carbocycles. The third-order valence-electron chi connectivity index (χ3n) is 4.71. The second-order valence-electron chi connectivity index (χ2n) is 6.55. The lowest BCUT2D eigenvalue weighted by molar-refractivity contribution is 0.0524. The highest BCUT2D eigenvalue weighted by Gasteiger charge is 2.30. The molecule has 2 heterocycles. The molecular formula is C21H15F2N3O5. The molecule has 1 aliphatic heterocycles. The fraction of sp³-hybridized carbons (Fsp3) is 0.0952. The molecule has 0 spiro atoms. The number of pyridine rings is 1. The summed E-state index contributed by atoms with van der Waals surface area (Å²) in [6.45, 7) is 4.97. The van der Waals surface area contributed by atoms with Crippen LogP contribution >= 0.6 is 0 Å². The molecule has 31 heavy (non-hydrogen) atoms. The average Bonchev–Trinajstić information content (AvgIpc) is 2.73. The maximum atomic E-state index is 14.6. The molecule has 0 radical (unpaired) electrons. The fourth-order valence-electron chi connectivity index (χ4n) is 3.37. The van der Waals surface area contributed by atoms with Gasteiger partial charge in [0.15, 0.2) is 17.3 Å². The first-order valence-corrected chi connectivity index (χ1v) is 9.06. The van der Waals surface area contributed by atoms with Gasteiger partial charge in [-0.15, -0.1) is 0 Å². The van der Waals surface area contributed by atoms with Crippen molar-refractivity contribution in [3.63, 3.8) is 0 Å². The average molecular weight is 427 g/mol. The van der Waals surface area contributed by atoms with Crippen LogP contribution in [-0.4, -0.2) is 23.1 Å². The minimum atomic E-state index is -1.34. The second kappa shape index (κ2) is 7.24. The van der Waals surface area contributed by atoms with Crippen LogP contribution in [0.4, 0.5) is 14.5 Å². The number of halogens is 2. The van der Waals surface area contributed by atoms with E-state index in [1.54, 1.807) is 6.92 Å². The van der Waals surface area contributed by atoms with Gasteiger partial charge in [0.25, 0.3) is 5.91 Å². The van der Waals surface area contributed by atoms with E-state index in [2.05, 4.69) is 11.9 Å². The van der Waals surface area contributed by atoms with Crippen LogP contribution in [0.3, 0.4) is 0 Å². The van der Waals surface area contributed by atoms with Crippen molar-refractivity contribution in [3.05, 3.63) is 70.2 Å². The van der Waals surface area contributed by atoms with Crippen molar-refractivity contribution < 1.29 is 27.8 Å². The second-order valence-corrected chi connectivity index (χ2v) is 6.55. The first-order chi connectivity index (χ1) is 14.8. The van der Waals surface area contributed by atoms with Gasteiger partial charge in [-0.1, -0.05) is 6.58 Å². The van der Waals surface area contributed by atoms with E-state index >= 15 is 0 Å². The fourth-order valence-corrected chi connectivity index (χ4v) is 3.37. The lowest BCUT2D eigenvalue weighted by atomic mass is 10.1. The number of nitrogen functional groups attached to an aromatic ring is 1. The van der Waals surface area contributed by atoms with Crippen molar-refractivity contribution in [3.8, 4) is 17.2 Å². The molecule has 8 nitrogen and oxygen atoms in total. The number of ether oxygens (including phenoxy) is 2. The Kier molecular flexibility index (Phi) is 4.69. The number of hydrogen-bond donors (Lipinski definition) is 2. The van der Waals surface area contributed by atoms with Gasteiger partial charge in [-0.3, -0.25) is 9.59 Å². The molecular weight excluding hydrogens is 412 g/mol. The maximum absolute atomic E-state index is 14.6. The normalized spacial score (nSPS) is 11.5. The van der Waals surface area contributed by atoms with E-state index in [1.807, 2.05) is 0 Å². The largest absolute Gasteiger partial charge is 0.462 e. The third-order valence-corrected chi connectivity index (χ3v) is 4.71. The number of rotatable bonds is 4. The Morgan fingerprint density at radius 1 is 1.29 bits per heavy atom. The summed E-state index contributed by atoms with van der Waals surface area (Å²) in [5, 5.41) is 2.08. The number of carbonyl (C=O) groups is 2. The highest BCUT2D eigenvalue weighted by molar-refractivity contribution is 6.02. The SMILES string of the molecule is C=CNC(=O)c1cc2c(cc1N)-n1cc(C(=O)OCC)c(=O)c3cc(F)c(F)c(c31)O2. The van der Waals surface area contributed by atoms with Gasteiger partial charge in [0.2, 0.25) is 11.2 Å². The van der Waals surface area contributed by atoms with Crippen LogP contribution in [-0.2, 0) is 4.74 Å². The molecule has 0 saturated heterocycles. The Labute approximate surface area is 173 Å². The van der Waals surface area contributed by atoms with E-state index < -0.39 is 34.7 Å². The van der Waals surface area contributed by atoms with Gasteiger partial charge in [0.05, 0.1) is 23.2 Å². The summed E-state index contributed by atoms with van der Waals surface area (Å²) in [5.74, 6) is -4.79. The van der Waals surface area contributed by atoms with E-state index in [0.717, 1.165) is 12.4 Å². The smallest absolute Gasteiger partial charge is 0.343 e. The molecule has 1 aromatic heterocycles. The molecule has 0 fully saturated rings. The van der Waals surface area contributed by atoms with E-state index in [0.29, 0.717) is 6.07 Å². The summed E-state index contributed by atoms with van der Waals surface area (Å²) in [6.07, 6.45) is 2.30. The topological polar surface area (TPSA) is 113 Å². The zero-order valence-electron chi connectivity index (χ0n) is 16.1. The molecule has 3 aromatic rings. The summed E-state index contributed by atoms with van der Waals surface area (Å²) < 4.78 is 40.6. The van der Waals surface area contributed by atoms with E-state index in [1.165, 1.54) is 16.7 Å². The number of nitrogens with one attached hydrogen (secondary N) is 1. The summed E-state index contributed by atoms with van der Waals surface area (Å²) in [5.41, 5.74) is 4.94. The predicted octanol–water partition coefficient (Wildman–Crippen LogP) is 3.01. The minimum absolute atomic E-state index is 0.00168. The summed E-state index contributed by atoms with van der Waals surface area (Å²) in [7, 11) is 0. The molecule has 2 aromatic carbocycles. The Balaban J connectivity index is 2.08. The summed E-state index contributed by atoms with van der Waals surface area (Å²) in [6, 6.07) is 3.29. The van der Waals surface area contributed by atoms with E-state index in [9.17, 15) is 23.2 Å². The van der Waals surface area contributed by atoms with E-state index in [-0.39, 0.29) is 45.8 Å². The third kappa shape index (κ3) is 3.00. The van der Waals surface area contributed by atoms with Crippen LogP contribution < -0.4 is 21.2 Å². The minimum Gasteiger partial charge on any atom is -0.462 e. The van der Waals surface area contributed by atoms with Gasteiger partial charge in [0.1, 0.15) is 11.1 Å².